The molecular weight excluding hydrogens is 756 g/mol. The van der Waals surface area contributed by atoms with Crippen LogP contribution in [0.2, 0.25) is 1.04 Å². The second-order valence-electron chi connectivity index (χ2n) is 5.92. The first-order valence-corrected chi connectivity index (χ1v) is 14.6. The van der Waals surface area contributed by atoms with Gasteiger partial charge < -0.3 is 0 Å². The predicted molar refractivity (Wildman–Crippen MR) is 110 cm³/mol. The number of aryl methyl sites for hydroxylation is 1. The molecule has 0 aliphatic carbocycles. The van der Waals surface area contributed by atoms with Gasteiger partial charge in [0, 0.05) is 0 Å². The average Bonchev–Trinajstić information content (AvgIpc) is 3.11. The zero-order valence-corrected chi connectivity index (χ0v) is 24.6. The van der Waals surface area contributed by atoms with Crippen LogP contribution in [0.25, 0.3) is 0 Å². The summed E-state index contributed by atoms with van der Waals surface area (Å²) in [6.07, 6.45) is 2.58. The number of benzene rings is 1. The number of carbonyl (C=O) groups is 2. The number of amides is 1. The number of ether oxygens (including phenoxy) is 1. The van der Waals surface area contributed by atoms with Crippen molar-refractivity contribution < 1.29 is 18.7 Å². The van der Waals surface area contributed by atoms with Gasteiger partial charge >= 0.3 is 175 Å². The number of likely N-dealkylation sites (tertiary alicyclic amines) is 1. The fourth-order valence-electron chi connectivity index (χ4n) is 2.86. The fourth-order valence-corrected chi connectivity index (χ4v) is 5.38. The van der Waals surface area contributed by atoms with Crippen LogP contribution >= 0.6 is 11.8 Å². The quantitative estimate of drug-likeness (QED) is 0.243. The summed E-state index contributed by atoms with van der Waals surface area (Å²) < 4.78 is 17.9. The van der Waals surface area contributed by atoms with Crippen LogP contribution in [-0.2, 0) is 20.7 Å². The monoisotopic (exact) mass is 783 g/mol. The topological polar surface area (TPSA) is 46.6 Å². The Morgan fingerprint density at radius 1 is 1.30 bits per heavy atom. The summed E-state index contributed by atoms with van der Waals surface area (Å²) in [5.41, 5.74) is 1.13. The van der Waals surface area contributed by atoms with Crippen molar-refractivity contribution >= 4 is 75.2 Å². The Balaban J connectivity index is 0.00000176. The van der Waals surface area contributed by atoms with Gasteiger partial charge in [-0.05, 0) is 0 Å². The zero-order chi connectivity index (χ0) is 20.4. The third kappa shape index (κ3) is 8.27. The number of hydrogen-bond donors (Lipinski definition) is 0. The number of thioether (sulfide) groups is 1. The van der Waals surface area contributed by atoms with E-state index in [1.807, 2.05) is 37.7 Å². The number of nitrogens with zero attached hydrogens (tertiary/aromatic N) is 1. The molecule has 2 atom stereocenters. The van der Waals surface area contributed by atoms with Gasteiger partial charge in [0.2, 0.25) is 0 Å². The summed E-state index contributed by atoms with van der Waals surface area (Å²) in [7, 11) is 1.38. The first-order chi connectivity index (χ1) is 12.9. The van der Waals surface area contributed by atoms with Crippen molar-refractivity contribution in [3.05, 3.63) is 35.6 Å². The van der Waals surface area contributed by atoms with Crippen LogP contribution in [0.1, 0.15) is 32.3 Å². The van der Waals surface area contributed by atoms with E-state index in [4.69, 9.17) is 4.74 Å². The molecule has 4 nitrogen and oxygen atoms in total. The van der Waals surface area contributed by atoms with E-state index in [0.717, 1.165) is 75.7 Å². The third-order valence-corrected chi connectivity index (χ3v) is 7.40. The van der Waals surface area contributed by atoms with Crippen LogP contribution in [0, 0.1) is 5.82 Å². The molecule has 6 radical (unpaired) electrons. The van der Waals surface area contributed by atoms with Gasteiger partial charge in [0.15, 0.2) is 0 Å². The second-order valence-corrected chi connectivity index (χ2v) is 20.5. The first-order valence-electron chi connectivity index (χ1n) is 9.09. The van der Waals surface area contributed by atoms with Gasteiger partial charge in [-0.15, -0.1) is 0 Å². The van der Waals surface area contributed by atoms with Crippen molar-refractivity contribution in [3.63, 3.8) is 0 Å². The Morgan fingerprint density at radius 3 is 2.48 bits per heavy atom. The van der Waals surface area contributed by atoms with Gasteiger partial charge in [0.05, 0.1) is 0 Å². The molecule has 0 bridgehead atoms. The van der Waals surface area contributed by atoms with E-state index >= 15 is 0 Å². The van der Waals surface area contributed by atoms with Crippen LogP contribution < -0.4 is 0 Å². The van der Waals surface area contributed by atoms with Gasteiger partial charge in [-0.3, -0.25) is 0 Å². The number of methoxy groups -OCH3 is 1. The second kappa shape index (κ2) is 13.5. The van der Waals surface area contributed by atoms with Crippen molar-refractivity contribution in [1.82, 2.24) is 4.90 Å². The Labute approximate surface area is 197 Å². The summed E-state index contributed by atoms with van der Waals surface area (Å²) in [5.74, 6) is 0.581. The molecule has 146 valence electrons. The molecule has 1 amide bonds. The van der Waals surface area contributed by atoms with Crippen molar-refractivity contribution in [2.45, 2.75) is 45.4 Å². The molecule has 0 aromatic heterocycles. The van der Waals surface area contributed by atoms with E-state index in [0.29, 0.717) is 13.0 Å². The van der Waals surface area contributed by atoms with Crippen molar-refractivity contribution in [3.8, 4) is 0 Å². The molecule has 1 fully saturated rings. The molecule has 1 aromatic rings. The van der Waals surface area contributed by atoms with E-state index < -0.39 is 6.04 Å². The number of esters is 1. The molecule has 0 saturated carbocycles. The Morgan fingerprint density at radius 2 is 1.93 bits per heavy atom. The zero-order valence-electron chi connectivity index (χ0n) is 16.0. The van der Waals surface area contributed by atoms with E-state index in [9.17, 15) is 14.0 Å². The maximum atomic E-state index is 12.9. The van der Waals surface area contributed by atoms with Crippen molar-refractivity contribution in [2.24, 2.45) is 0 Å². The summed E-state index contributed by atoms with van der Waals surface area (Å²) in [5, 5.41) is 0.281. The van der Waals surface area contributed by atoms with E-state index in [2.05, 4.69) is 0 Å². The summed E-state index contributed by atoms with van der Waals surface area (Å²) >= 11 is 3.50. The number of rotatable bonds is 7. The number of halogens is 1. The number of carbonyl (C=O) groups excluding carboxylic acids is 2. The van der Waals surface area contributed by atoms with Gasteiger partial charge in [-0.25, -0.2) is 4.39 Å². The van der Waals surface area contributed by atoms with E-state index in [1.165, 1.54) is 19.2 Å². The molecule has 27 heavy (non-hydrogen) atoms. The minimum atomic E-state index is -0.419. The molecule has 1 aliphatic heterocycles. The van der Waals surface area contributed by atoms with Crippen molar-refractivity contribution in [1.29, 1.82) is 0 Å². The van der Waals surface area contributed by atoms with Crippen LogP contribution in [0.4, 0.5) is 4.39 Å². The summed E-state index contributed by atoms with van der Waals surface area (Å²) in [6, 6.07) is 6.20. The van der Waals surface area contributed by atoms with Gasteiger partial charge in [0.25, 0.3) is 0 Å². The standard InChI is InChI=1S/C17H20FNO3S.C2H6.2Pb/c1-12(20)19-11-15(10-16(19)17(21)22-2)23-9-3-4-13-5-7-14(18)8-6-13;1-2;;/h1,5-8,15-16H,3-4,9-11H2,2H3;1-2H3;;. The first kappa shape index (κ1) is 25.3. The Bertz CT molecular complexity index is 601. The Kier molecular flexibility index (Phi) is 12.7. The third-order valence-electron chi connectivity index (χ3n) is 4.14. The van der Waals surface area contributed by atoms with E-state index in [-0.39, 0.29) is 24.0 Å². The van der Waals surface area contributed by atoms with Gasteiger partial charge in [-0.1, -0.05) is 13.8 Å². The molecule has 0 spiro atoms. The normalized spacial score (nSPS) is 18.9. The van der Waals surface area contributed by atoms with Crippen LogP contribution in [0.5, 0.6) is 0 Å². The molecule has 1 aromatic carbocycles. The van der Waals surface area contributed by atoms with Gasteiger partial charge in [0.1, 0.15) is 5.82 Å². The fraction of sp³-hybridized carbons (Fsp3) is 0.579. The van der Waals surface area contributed by atoms with Crippen LogP contribution in [0.3, 0.4) is 0 Å². The Hall–Kier alpha value is 0.284. The predicted octanol–water partition coefficient (Wildman–Crippen LogP) is 2.74. The van der Waals surface area contributed by atoms with Gasteiger partial charge in [-0.2, -0.15) is 0 Å². The number of hydrogen-bond acceptors (Lipinski definition) is 4. The average molecular weight is 782 g/mol. The molecular formula is C19H26FNO3Pb2S. The SMILES string of the molecule is CC.COC(=O)C1CC(SCCCc2ccc(F)cc2)CN1C(=O)[CH]([Pb])[Pb]. The minimum absolute atomic E-state index is 0.128. The van der Waals surface area contributed by atoms with Crippen LogP contribution in [-0.4, -0.2) is 99.0 Å². The molecule has 8 heteroatoms. The molecule has 2 rings (SSSR count). The maximum absolute atomic E-state index is 12.9. The van der Waals surface area contributed by atoms with Crippen LogP contribution in [0.15, 0.2) is 24.3 Å². The summed E-state index contributed by atoms with van der Waals surface area (Å²) in [4.78, 5) is 26.2. The molecule has 1 aliphatic rings. The molecule has 2 unspecified atom stereocenters. The molecule has 0 N–H and O–H groups in total. The van der Waals surface area contributed by atoms with E-state index in [1.54, 1.807) is 4.90 Å². The molecule has 1 heterocycles. The summed E-state index contributed by atoms with van der Waals surface area (Å²) in [6.45, 7) is 4.64. The van der Waals surface area contributed by atoms with Crippen molar-refractivity contribution in [2.75, 3.05) is 19.4 Å². The molecule has 1 saturated heterocycles.